The molecule has 1 aromatic carbocycles. The molecule has 54 valence electrons. The summed E-state index contributed by atoms with van der Waals surface area (Å²) >= 11 is 0. The largest absolute Gasteiger partial charge is 0.392 e. The SMILES string of the molecule is Cc1cc(F)cc(CO)c1. The summed E-state index contributed by atoms with van der Waals surface area (Å²) in [4.78, 5) is 0. The highest BCUT2D eigenvalue weighted by Gasteiger charge is 1.94. The minimum absolute atomic E-state index is 0.0986. The quantitative estimate of drug-likeness (QED) is 0.628. The number of hydrogen-bond acceptors (Lipinski definition) is 1. The van der Waals surface area contributed by atoms with Crippen LogP contribution in [0.1, 0.15) is 11.1 Å². The number of aryl methyl sites for hydroxylation is 1. The van der Waals surface area contributed by atoms with Crippen molar-refractivity contribution in [1.82, 2.24) is 0 Å². The average Bonchev–Trinajstić information content (AvgIpc) is 1.85. The molecular weight excluding hydrogens is 131 g/mol. The van der Waals surface area contributed by atoms with Gasteiger partial charge in [-0.1, -0.05) is 6.07 Å². The first-order valence-corrected chi connectivity index (χ1v) is 3.09. The maximum absolute atomic E-state index is 12.5. The van der Waals surface area contributed by atoms with E-state index in [0.29, 0.717) is 5.56 Å². The normalized spacial score (nSPS) is 9.90. The van der Waals surface area contributed by atoms with Crippen LogP contribution < -0.4 is 0 Å². The Hall–Kier alpha value is -0.890. The first kappa shape index (κ1) is 7.22. The van der Waals surface area contributed by atoms with E-state index in [1.807, 2.05) is 0 Å². The van der Waals surface area contributed by atoms with E-state index in [1.54, 1.807) is 13.0 Å². The van der Waals surface area contributed by atoms with Gasteiger partial charge in [-0.15, -0.1) is 0 Å². The van der Waals surface area contributed by atoms with Gasteiger partial charge >= 0.3 is 0 Å². The summed E-state index contributed by atoms with van der Waals surface area (Å²) in [6, 6.07) is 4.51. The lowest BCUT2D eigenvalue weighted by molar-refractivity contribution is 0.281. The molecule has 0 aromatic heterocycles. The maximum Gasteiger partial charge on any atom is 0.123 e. The summed E-state index contributed by atoms with van der Waals surface area (Å²) in [5.74, 6) is -0.288. The summed E-state index contributed by atoms with van der Waals surface area (Å²) in [7, 11) is 0. The van der Waals surface area contributed by atoms with Crippen molar-refractivity contribution in [1.29, 1.82) is 0 Å². The monoisotopic (exact) mass is 140 g/mol. The highest BCUT2D eigenvalue weighted by Crippen LogP contribution is 2.07. The van der Waals surface area contributed by atoms with Gasteiger partial charge in [0.15, 0.2) is 0 Å². The van der Waals surface area contributed by atoms with Crippen LogP contribution in [0.15, 0.2) is 18.2 Å². The van der Waals surface area contributed by atoms with E-state index in [-0.39, 0.29) is 12.4 Å². The molecule has 0 aliphatic rings. The molecule has 10 heavy (non-hydrogen) atoms. The number of aliphatic hydroxyl groups is 1. The number of aliphatic hydroxyl groups excluding tert-OH is 1. The molecule has 1 aromatic rings. The van der Waals surface area contributed by atoms with Crippen LogP contribution in [0.4, 0.5) is 4.39 Å². The molecule has 1 rings (SSSR count). The number of hydrogen-bond donors (Lipinski definition) is 1. The fourth-order valence-corrected chi connectivity index (χ4v) is 0.903. The molecule has 0 bridgehead atoms. The molecule has 0 saturated carbocycles. The standard InChI is InChI=1S/C8H9FO/c1-6-2-7(5-10)4-8(9)3-6/h2-4,10H,5H2,1H3. The molecule has 0 unspecified atom stereocenters. The van der Waals surface area contributed by atoms with Gasteiger partial charge in [0, 0.05) is 0 Å². The second-order valence-corrected chi connectivity index (χ2v) is 2.29. The van der Waals surface area contributed by atoms with E-state index in [4.69, 9.17) is 5.11 Å². The van der Waals surface area contributed by atoms with Crippen LogP contribution in [-0.2, 0) is 6.61 Å². The molecule has 0 aliphatic carbocycles. The number of rotatable bonds is 1. The summed E-state index contributed by atoms with van der Waals surface area (Å²) in [5, 5.41) is 8.62. The van der Waals surface area contributed by atoms with Crippen molar-refractivity contribution in [2.45, 2.75) is 13.5 Å². The molecule has 0 heterocycles. The van der Waals surface area contributed by atoms with Crippen LogP contribution in [-0.4, -0.2) is 5.11 Å². The van der Waals surface area contributed by atoms with Crippen molar-refractivity contribution in [3.8, 4) is 0 Å². The van der Waals surface area contributed by atoms with Gasteiger partial charge in [0.25, 0.3) is 0 Å². The average molecular weight is 140 g/mol. The zero-order valence-corrected chi connectivity index (χ0v) is 5.76. The van der Waals surface area contributed by atoms with Crippen molar-refractivity contribution >= 4 is 0 Å². The van der Waals surface area contributed by atoms with E-state index in [1.165, 1.54) is 12.1 Å². The lowest BCUT2D eigenvalue weighted by Gasteiger charge is -1.97. The van der Waals surface area contributed by atoms with Crippen LogP contribution >= 0.6 is 0 Å². The van der Waals surface area contributed by atoms with Crippen molar-refractivity contribution < 1.29 is 9.50 Å². The molecule has 0 aliphatic heterocycles. The molecule has 0 radical (unpaired) electrons. The number of halogens is 1. The van der Waals surface area contributed by atoms with Crippen molar-refractivity contribution in [2.75, 3.05) is 0 Å². The summed E-state index contributed by atoms with van der Waals surface area (Å²) in [6.45, 7) is 1.70. The molecule has 1 nitrogen and oxygen atoms in total. The fourth-order valence-electron chi connectivity index (χ4n) is 0.903. The van der Waals surface area contributed by atoms with Crippen molar-refractivity contribution in [2.24, 2.45) is 0 Å². The Morgan fingerprint density at radius 2 is 2.10 bits per heavy atom. The molecule has 0 amide bonds. The third-order valence-electron chi connectivity index (χ3n) is 1.28. The smallest absolute Gasteiger partial charge is 0.123 e. The fraction of sp³-hybridized carbons (Fsp3) is 0.250. The molecule has 0 fully saturated rings. The van der Waals surface area contributed by atoms with E-state index in [2.05, 4.69) is 0 Å². The van der Waals surface area contributed by atoms with Crippen LogP contribution in [0.5, 0.6) is 0 Å². The van der Waals surface area contributed by atoms with Crippen LogP contribution in [0.3, 0.4) is 0 Å². The van der Waals surface area contributed by atoms with Gasteiger partial charge in [0.05, 0.1) is 6.61 Å². The van der Waals surface area contributed by atoms with Gasteiger partial charge in [0.2, 0.25) is 0 Å². The third kappa shape index (κ3) is 1.54. The molecule has 2 heteroatoms. The van der Waals surface area contributed by atoms with E-state index in [0.717, 1.165) is 5.56 Å². The Labute approximate surface area is 59.1 Å². The molecule has 1 N–H and O–H groups in total. The Morgan fingerprint density at radius 1 is 1.40 bits per heavy atom. The molecule has 0 spiro atoms. The zero-order valence-electron chi connectivity index (χ0n) is 5.76. The second kappa shape index (κ2) is 2.80. The predicted octanol–water partition coefficient (Wildman–Crippen LogP) is 1.63. The number of benzene rings is 1. The van der Waals surface area contributed by atoms with Gasteiger partial charge in [-0.2, -0.15) is 0 Å². The topological polar surface area (TPSA) is 20.2 Å². The van der Waals surface area contributed by atoms with Gasteiger partial charge < -0.3 is 5.11 Å². The van der Waals surface area contributed by atoms with E-state index >= 15 is 0 Å². The zero-order chi connectivity index (χ0) is 7.56. The van der Waals surface area contributed by atoms with Crippen LogP contribution in [0.25, 0.3) is 0 Å². The molecule has 0 saturated heterocycles. The Morgan fingerprint density at radius 3 is 2.60 bits per heavy atom. The van der Waals surface area contributed by atoms with Crippen LogP contribution in [0.2, 0.25) is 0 Å². The minimum Gasteiger partial charge on any atom is -0.392 e. The van der Waals surface area contributed by atoms with Gasteiger partial charge in [-0.3, -0.25) is 0 Å². The van der Waals surface area contributed by atoms with E-state index in [9.17, 15) is 4.39 Å². The van der Waals surface area contributed by atoms with Crippen molar-refractivity contribution in [3.05, 3.63) is 35.1 Å². The second-order valence-electron chi connectivity index (χ2n) is 2.29. The lowest BCUT2D eigenvalue weighted by Crippen LogP contribution is -1.86. The van der Waals surface area contributed by atoms with Crippen LogP contribution in [0, 0.1) is 12.7 Å². The maximum atomic E-state index is 12.5. The highest BCUT2D eigenvalue weighted by molar-refractivity contribution is 5.22. The summed E-state index contributed by atoms with van der Waals surface area (Å²) < 4.78 is 12.5. The Kier molecular flexibility index (Phi) is 2.02. The van der Waals surface area contributed by atoms with Gasteiger partial charge in [0.1, 0.15) is 5.82 Å². The Balaban J connectivity index is 3.06. The highest BCUT2D eigenvalue weighted by atomic mass is 19.1. The van der Waals surface area contributed by atoms with Gasteiger partial charge in [-0.05, 0) is 30.2 Å². The molecular formula is C8H9FO. The summed E-state index contributed by atoms with van der Waals surface area (Å²) in [5.41, 5.74) is 1.46. The summed E-state index contributed by atoms with van der Waals surface area (Å²) in [6.07, 6.45) is 0. The van der Waals surface area contributed by atoms with Gasteiger partial charge in [-0.25, -0.2) is 4.39 Å². The molecule has 0 atom stereocenters. The lowest BCUT2D eigenvalue weighted by atomic mass is 10.1. The first-order valence-electron chi connectivity index (χ1n) is 3.09. The first-order chi connectivity index (χ1) is 4.72. The third-order valence-corrected chi connectivity index (χ3v) is 1.28. The minimum atomic E-state index is -0.288. The predicted molar refractivity (Wildman–Crippen MR) is 37.1 cm³/mol. The Bertz CT molecular complexity index is 212. The van der Waals surface area contributed by atoms with E-state index < -0.39 is 0 Å². The van der Waals surface area contributed by atoms with Crippen molar-refractivity contribution in [3.63, 3.8) is 0 Å².